The molecule has 0 rings (SSSR count). The highest BCUT2D eigenvalue weighted by molar-refractivity contribution is 7.80. The second kappa shape index (κ2) is 3.55. The summed E-state index contributed by atoms with van der Waals surface area (Å²) in [5, 5.41) is 0. The molecule has 0 bridgehead atoms. The summed E-state index contributed by atoms with van der Waals surface area (Å²) >= 11 is 3.81. The van der Waals surface area contributed by atoms with Gasteiger partial charge >= 0.3 is 5.97 Å². The molecule has 0 fully saturated rings. The number of ether oxygens (including phenoxy) is 1. The Morgan fingerprint density at radius 2 is 2.38 bits per heavy atom. The van der Waals surface area contributed by atoms with E-state index in [1.807, 2.05) is 0 Å². The van der Waals surface area contributed by atoms with E-state index >= 15 is 0 Å². The van der Waals surface area contributed by atoms with E-state index in [1.54, 1.807) is 0 Å². The summed E-state index contributed by atoms with van der Waals surface area (Å²) in [7, 11) is 1.32. The van der Waals surface area contributed by atoms with Crippen molar-refractivity contribution in [3.05, 3.63) is 12.2 Å². The van der Waals surface area contributed by atoms with Gasteiger partial charge in [0.1, 0.15) is 0 Å². The molecule has 0 aliphatic heterocycles. The minimum absolute atomic E-state index is 0.354. The Bertz CT molecular complexity index is 95.0. The van der Waals surface area contributed by atoms with E-state index in [0.717, 1.165) is 0 Å². The van der Waals surface area contributed by atoms with E-state index in [4.69, 9.17) is 0 Å². The lowest BCUT2D eigenvalue weighted by atomic mass is 10.4. The molecule has 0 aliphatic carbocycles. The molecule has 0 amide bonds. The quantitative estimate of drug-likeness (QED) is 0.339. The molecule has 0 aliphatic rings. The summed E-state index contributed by atoms with van der Waals surface area (Å²) in [5.74, 6) is -0.0350. The van der Waals surface area contributed by atoms with Crippen molar-refractivity contribution in [3.8, 4) is 0 Å². The molecule has 46 valence electrons. The third-order valence-corrected chi connectivity index (χ3v) is 1.05. The first-order valence-electron chi connectivity index (χ1n) is 2.09. The van der Waals surface area contributed by atoms with Crippen LogP contribution in [0.1, 0.15) is 0 Å². The van der Waals surface area contributed by atoms with Gasteiger partial charge in [-0.2, -0.15) is 12.6 Å². The molecule has 3 heteroatoms. The normalized spacial score (nSPS) is 8.25. The molecule has 0 N–H and O–H groups in total. The molecule has 0 radical (unpaired) electrons. The Kier molecular flexibility index (Phi) is 3.35. The zero-order chi connectivity index (χ0) is 6.57. The zero-order valence-electron chi connectivity index (χ0n) is 4.68. The van der Waals surface area contributed by atoms with Gasteiger partial charge in [-0.05, 0) is 0 Å². The van der Waals surface area contributed by atoms with Gasteiger partial charge in [0.25, 0.3) is 0 Å². The molecule has 0 heterocycles. The van der Waals surface area contributed by atoms with Crippen LogP contribution < -0.4 is 0 Å². The van der Waals surface area contributed by atoms with Crippen molar-refractivity contribution in [2.24, 2.45) is 0 Å². The second-order valence-electron chi connectivity index (χ2n) is 1.25. The van der Waals surface area contributed by atoms with Crippen LogP contribution in [0.2, 0.25) is 0 Å². The van der Waals surface area contributed by atoms with Crippen LogP contribution in [-0.2, 0) is 9.53 Å². The molecule has 8 heavy (non-hydrogen) atoms. The summed E-state index contributed by atoms with van der Waals surface area (Å²) in [6.45, 7) is 3.39. The first kappa shape index (κ1) is 7.56. The van der Waals surface area contributed by atoms with E-state index in [2.05, 4.69) is 23.9 Å². The lowest BCUT2D eigenvalue weighted by molar-refractivity contribution is -0.135. The predicted octanol–water partition coefficient (Wildman–Crippen LogP) is 0.645. The van der Waals surface area contributed by atoms with E-state index in [1.165, 1.54) is 7.11 Å². The summed E-state index contributed by atoms with van der Waals surface area (Å²) in [6.07, 6.45) is 0. The summed E-state index contributed by atoms with van der Waals surface area (Å²) in [5.41, 5.74) is 0.385. The van der Waals surface area contributed by atoms with Crippen LogP contribution in [0.5, 0.6) is 0 Å². The summed E-state index contributed by atoms with van der Waals surface area (Å²) < 4.78 is 4.32. The number of carbonyl (C=O) groups excluding carboxylic acids is 1. The van der Waals surface area contributed by atoms with Crippen molar-refractivity contribution in [1.82, 2.24) is 0 Å². The van der Waals surface area contributed by atoms with Crippen molar-refractivity contribution in [1.29, 1.82) is 0 Å². The van der Waals surface area contributed by atoms with Gasteiger partial charge in [0, 0.05) is 11.3 Å². The second-order valence-corrected chi connectivity index (χ2v) is 1.57. The van der Waals surface area contributed by atoms with Gasteiger partial charge < -0.3 is 4.74 Å². The van der Waals surface area contributed by atoms with Crippen LogP contribution in [0.4, 0.5) is 0 Å². The maximum atomic E-state index is 10.4. The van der Waals surface area contributed by atoms with Gasteiger partial charge in [0.05, 0.1) is 7.11 Å². The molecule has 0 saturated carbocycles. The zero-order valence-corrected chi connectivity index (χ0v) is 5.57. The molecule has 0 spiro atoms. The number of hydrogen-bond acceptors (Lipinski definition) is 3. The first-order valence-corrected chi connectivity index (χ1v) is 2.72. The van der Waals surface area contributed by atoms with Crippen LogP contribution in [0.3, 0.4) is 0 Å². The molecule has 0 atom stereocenters. The van der Waals surface area contributed by atoms with Crippen molar-refractivity contribution in [2.45, 2.75) is 0 Å². The Balaban J connectivity index is 3.64. The molecule has 2 nitrogen and oxygen atoms in total. The number of methoxy groups -OCH3 is 1. The highest BCUT2D eigenvalue weighted by atomic mass is 32.1. The Morgan fingerprint density at radius 1 is 1.88 bits per heavy atom. The number of hydrogen-bond donors (Lipinski definition) is 1. The van der Waals surface area contributed by atoms with Crippen molar-refractivity contribution in [2.75, 3.05) is 12.9 Å². The average Bonchev–Trinajstić information content (AvgIpc) is 1.84. The summed E-state index contributed by atoms with van der Waals surface area (Å²) in [4.78, 5) is 10.4. The highest BCUT2D eigenvalue weighted by Gasteiger charge is 2.01. The van der Waals surface area contributed by atoms with Gasteiger partial charge in [-0.1, -0.05) is 6.58 Å². The molecule has 0 aromatic rings. The Morgan fingerprint density at radius 3 is 2.50 bits per heavy atom. The molecular formula is C5H8O2S. The fraction of sp³-hybridized carbons (Fsp3) is 0.400. The van der Waals surface area contributed by atoms with Gasteiger partial charge in [-0.25, -0.2) is 4.79 Å². The minimum Gasteiger partial charge on any atom is -0.466 e. The first-order chi connectivity index (χ1) is 3.72. The van der Waals surface area contributed by atoms with E-state index < -0.39 is 0 Å². The SMILES string of the molecule is C=C(CS)C(=O)OC. The number of rotatable bonds is 2. The van der Waals surface area contributed by atoms with Crippen molar-refractivity contribution in [3.63, 3.8) is 0 Å². The predicted molar refractivity (Wildman–Crippen MR) is 35.0 cm³/mol. The Labute approximate surface area is 53.9 Å². The molecule has 0 aromatic heterocycles. The van der Waals surface area contributed by atoms with E-state index in [0.29, 0.717) is 11.3 Å². The smallest absolute Gasteiger partial charge is 0.333 e. The lowest BCUT2D eigenvalue weighted by Gasteiger charge is -1.95. The highest BCUT2D eigenvalue weighted by Crippen LogP contribution is 1.94. The fourth-order valence-corrected chi connectivity index (χ4v) is 0.338. The maximum absolute atomic E-state index is 10.4. The topological polar surface area (TPSA) is 26.3 Å². The third kappa shape index (κ3) is 2.02. The van der Waals surface area contributed by atoms with Crippen LogP contribution in [-0.4, -0.2) is 18.8 Å². The van der Waals surface area contributed by atoms with Crippen LogP contribution >= 0.6 is 12.6 Å². The van der Waals surface area contributed by atoms with Crippen LogP contribution in [0.25, 0.3) is 0 Å². The Hall–Kier alpha value is -0.440. The van der Waals surface area contributed by atoms with E-state index in [-0.39, 0.29) is 5.97 Å². The number of carbonyl (C=O) groups is 1. The third-order valence-electron chi connectivity index (χ3n) is 0.665. The molecule has 0 aromatic carbocycles. The maximum Gasteiger partial charge on any atom is 0.333 e. The monoisotopic (exact) mass is 132 g/mol. The number of thiol groups is 1. The lowest BCUT2D eigenvalue weighted by Crippen LogP contribution is -2.03. The average molecular weight is 132 g/mol. The molecular weight excluding hydrogens is 124 g/mol. The van der Waals surface area contributed by atoms with Gasteiger partial charge in [0.2, 0.25) is 0 Å². The van der Waals surface area contributed by atoms with E-state index in [9.17, 15) is 4.79 Å². The van der Waals surface area contributed by atoms with Crippen LogP contribution in [0.15, 0.2) is 12.2 Å². The van der Waals surface area contributed by atoms with Crippen molar-refractivity contribution >= 4 is 18.6 Å². The molecule has 0 saturated heterocycles. The van der Waals surface area contributed by atoms with Gasteiger partial charge in [-0.3, -0.25) is 0 Å². The standard InChI is InChI=1S/C5H8O2S/c1-4(3-8)5(6)7-2/h8H,1,3H2,2H3. The minimum atomic E-state index is -0.389. The van der Waals surface area contributed by atoms with Gasteiger partial charge in [-0.15, -0.1) is 0 Å². The van der Waals surface area contributed by atoms with Gasteiger partial charge in [0.15, 0.2) is 0 Å². The largest absolute Gasteiger partial charge is 0.466 e. The molecule has 0 unspecified atom stereocenters. The van der Waals surface area contributed by atoms with Crippen LogP contribution in [0, 0.1) is 0 Å². The van der Waals surface area contributed by atoms with Crippen molar-refractivity contribution < 1.29 is 9.53 Å². The fourth-order valence-electron chi connectivity index (χ4n) is 0.209. The summed E-state index contributed by atoms with van der Waals surface area (Å²) in [6, 6.07) is 0. The number of esters is 1.